The predicted molar refractivity (Wildman–Crippen MR) is 117 cm³/mol. The van der Waals surface area contributed by atoms with Crippen molar-refractivity contribution in [3.63, 3.8) is 0 Å². The van der Waals surface area contributed by atoms with E-state index in [0.29, 0.717) is 12.1 Å². The molecule has 0 radical (unpaired) electrons. The lowest BCUT2D eigenvalue weighted by Gasteiger charge is -2.14. The number of alkyl halides is 3. The van der Waals surface area contributed by atoms with E-state index in [9.17, 15) is 18.0 Å². The maximum absolute atomic E-state index is 12.4. The van der Waals surface area contributed by atoms with E-state index in [1.165, 1.54) is 18.2 Å². The van der Waals surface area contributed by atoms with Gasteiger partial charge in [-0.05, 0) is 36.2 Å². The zero-order valence-corrected chi connectivity index (χ0v) is 18.0. The van der Waals surface area contributed by atoms with Gasteiger partial charge in [0.2, 0.25) is 5.91 Å². The summed E-state index contributed by atoms with van der Waals surface area (Å²) < 4.78 is 41.3. The summed E-state index contributed by atoms with van der Waals surface area (Å²) in [6.07, 6.45) is -3.59. The highest BCUT2D eigenvalue weighted by molar-refractivity contribution is 14.0. The third-order valence-electron chi connectivity index (χ3n) is 3.52. The van der Waals surface area contributed by atoms with Gasteiger partial charge in [-0.1, -0.05) is 31.2 Å². The summed E-state index contributed by atoms with van der Waals surface area (Å²) >= 11 is 0. The minimum atomic E-state index is -4.81. The molecule has 2 rings (SSSR count). The van der Waals surface area contributed by atoms with Gasteiger partial charge < -0.3 is 21.1 Å². The first-order chi connectivity index (χ1) is 13.3. The molecule has 2 aromatic carbocycles. The topological polar surface area (TPSA) is 88.7 Å². The summed E-state index contributed by atoms with van der Waals surface area (Å²) in [7, 11) is 0. The number of nitrogens with two attached hydrogens (primary N) is 1. The number of amides is 1. The molecule has 1 amide bonds. The molecular formula is C19H22F3IN4O2. The van der Waals surface area contributed by atoms with Gasteiger partial charge >= 0.3 is 6.36 Å². The van der Waals surface area contributed by atoms with E-state index in [-0.39, 0.29) is 48.1 Å². The predicted octanol–water partition coefficient (Wildman–Crippen LogP) is 4.87. The van der Waals surface area contributed by atoms with Crippen LogP contribution in [0.5, 0.6) is 5.75 Å². The quantitative estimate of drug-likeness (QED) is 0.275. The van der Waals surface area contributed by atoms with Crippen molar-refractivity contribution in [3.8, 4) is 5.75 Å². The van der Waals surface area contributed by atoms with Gasteiger partial charge in [0.25, 0.3) is 0 Å². The average molecular weight is 522 g/mol. The van der Waals surface area contributed by atoms with E-state index in [1.807, 2.05) is 6.92 Å². The second-order valence-electron chi connectivity index (χ2n) is 5.87. The van der Waals surface area contributed by atoms with Crippen molar-refractivity contribution in [2.24, 2.45) is 10.7 Å². The Balaban J connectivity index is 0.00000420. The summed E-state index contributed by atoms with van der Waals surface area (Å²) in [5.41, 5.74) is 7.31. The Hall–Kier alpha value is -2.50. The van der Waals surface area contributed by atoms with Gasteiger partial charge in [0.1, 0.15) is 0 Å². The number of nitrogens with one attached hydrogen (secondary N) is 2. The van der Waals surface area contributed by atoms with Crippen LogP contribution in [0.1, 0.15) is 25.3 Å². The zero-order valence-electron chi connectivity index (χ0n) is 15.6. The smallest absolute Gasteiger partial charge is 0.404 e. The number of guanidine groups is 1. The lowest BCUT2D eigenvalue weighted by Crippen LogP contribution is -2.24. The monoisotopic (exact) mass is 522 g/mol. The Labute approximate surface area is 183 Å². The van der Waals surface area contributed by atoms with E-state index in [2.05, 4.69) is 20.4 Å². The number of halogens is 4. The number of hydrogen-bond acceptors (Lipinski definition) is 3. The Bertz CT molecular complexity index is 827. The molecular weight excluding hydrogens is 500 g/mol. The molecule has 0 heterocycles. The molecule has 29 heavy (non-hydrogen) atoms. The number of aliphatic imine (C=N–C) groups is 1. The highest BCUT2D eigenvalue weighted by Crippen LogP contribution is 2.29. The van der Waals surface area contributed by atoms with Crippen molar-refractivity contribution in [1.82, 2.24) is 0 Å². The normalized spacial score (nSPS) is 11.4. The number of carbonyl (C=O) groups excluding carboxylic acids is 1. The van der Waals surface area contributed by atoms with Crippen LogP contribution in [-0.2, 0) is 11.3 Å². The van der Waals surface area contributed by atoms with E-state index < -0.39 is 12.1 Å². The first-order valence-corrected chi connectivity index (χ1v) is 8.57. The van der Waals surface area contributed by atoms with Gasteiger partial charge in [0.05, 0.1) is 12.2 Å². The second kappa shape index (κ2) is 11.5. The Morgan fingerprint density at radius 3 is 2.38 bits per heavy atom. The van der Waals surface area contributed by atoms with E-state index >= 15 is 0 Å². The minimum absolute atomic E-state index is 0. The molecule has 6 nitrogen and oxygen atoms in total. The molecule has 0 atom stereocenters. The first-order valence-electron chi connectivity index (χ1n) is 8.57. The molecule has 0 saturated carbocycles. The van der Waals surface area contributed by atoms with Crippen molar-refractivity contribution in [1.29, 1.82) is 0 Å². The third kappa shape index (κ3) is 9.03. The Morgan fingerprint density at radius 1 is 1.10 bits per heavy atom. The minimum Gasteiger partial charge on any atom is -0.404 e. The zero-order chi connectivity index (χ0) is 20.6. The molecule has 0 fully saturated rings. The van der Waals surface area contributed by atoms with E-state index in [0.717, 1.165) is 12.0 Å². The Morgan fingerprint density at radius 2 is 1.76 bits per heavy atom. The van der Waals surface area contributed by atoms with Crippen molar-refractivity contribution >= 4 is 47.2 Å². The van der Waals surface area contributed by atoms with Gasteiger partial charge in [0, 0.05) is 12.1 Å². The maximum Gasteiger partial charge on any atom is 0.573 e. The molecule has 0 unspecified atom stereocenters. The van der Waals surface area contributed by atoms with Gasteiger partial charge in [-0.2, -0.15) is 0 Å². The van der Waals surface area contributed by atoms with Crippen LogP contribution >= 0.6 is 24.0 Å². The number of para-hydroxylation sites is 2. The number of carbonyl (C=O) groups is 1. The average Bonchev–Trinajstić information content (AvgIpc) is 2.62. The Kier molecular flexibility index (Phi) is 9.72. The first kappa shape index (κ1) is 24.5. The molecule has 0 aliphatic heterocycles. The van der Waals surface area contributed by atoms with Crippen LogP contribution < -0.4 is 21.1 Å². The maximum atomic E-state index is 12.4. The molecule has 2 aromatic rings. The van der Waals surface area contributed by atoms with Crippen LogP contribution in [0, 0.1) is 0 Å². The number of benzene rings is 2. The fourth-order valence-corrected chi connectivity index (χ4v) is 2.28. The van der Waals surface area contributed by atoms with Crippen molar-refractivity contribution in [3.05, 3.63) is 54.1 Å². The van der Waals surface area contributed by atoms with Gasteiger partial charge in [-0.25, -0.2) is 4.99 Å². The molecule has 0 aliphatic carbocycles. The van der Waals surface area contributed by atoms with E-state index in [1.54, 1.807) is 30.3 Å². The van der Waals surface area contributed by atoms with Gasteiger partial charge in [-0.3, -0.25) is 4.79 Å². The SMILES string of the molecule is CCCC(=O)Nc1ccc(CN=C(N)Nc2ccccc2OC(F)(F)F)cc1.I. The fourth-order valence-electron chi connectivity index (χ4n) is 2.28. The molecule has 158 valence electrons. The van der Waals surface area contributed by atoms with Crippen LogP contribution in [0.25, 0.3) is 0 Å². The van der Waals surface area contributed by atoms with E-state index in [4.69, 9.17) is 5.73 Å². The van der Waals surface area contributed by atoms with Gasteiger partial charge in [-0.15, -0.1) is 37.1 Å². The molecule has 10 heteroatoms. The fraction of sp³-hybridized carbons (Fsp3) is 0.263. The molecule has 0 spiro atoms. The largest absolute Gasteiger partial charge is 0.573 e. The number of anilines is 2. The van der Waals surface area contributed by atoms with Crippen LogP contribution in [0.15, 0.2) is 53.5 Å². The third-order valence-corrected chi connectivity index (χ3v) is 3.52. The van der Waals surface area contributed by atoms with Crippen LogP contribution in [0.2, 0.25) is 0 Å². The summed E-state index contributed by atoms with van der Waals surface area (Å²) in [6, 6.07) is 12.6. The highest BCUT2D eigenvalue weighted by Gasteiger charge is 2.32. The highest BCUT2D eigenvalue weighted by atomic mass is 127. The van der Waals surface area contributed by atoms with Crippen molar-refractivity contribution in [2.45, 2.75) is 32.7 Å². The van der Waals surface area contributed by atoms with Crippen LogP contribution in [-0.4, -0.2) is 18.2 Å². The lowest BCUT2D eigenvalue weighted by atomic mass is 10.2. The van der Waals surface area contributed by atoms with Crippen LogP contribution in [0.4, 0.5) is 24.5 Å². The number of nitrogens with zero attached hydrogens (tertiary/aromatic N) is 1. The summed E-state index contributed by atoms with van der Waals surface area (Å²) in [6.45, 7) is 2.14. The number of rotatable bonds is 7. The standard InChI is InChI=1S/C19H21F3N4O2.HI/c1-2-5-17(27)25-14-10-8-13(9-11-14)12-24-18(23)26-15-6-3-4-7-16(15)28-19(20,21)22;/h3-4,6-11H,2,5,12H2,1H3,(H,25,27)(H3,23,24,26);1H. The van der Waals surface area contributed by atoms with Crippen molar-refractivity contribution in [2.75, 3.05) is 10.6 Å². The molecule has 0 saturated heterocycles. The second-order valence-corrected chi connectivity index (χ2v) is 5.87. The lowest BCUT2D eigenvalue weighted by molar-refractivity contribution is -0.274. The van der Waals surface area contributed by atoms with Crippen molar-refractivity contribution < 1.29 is 22.7 Å². The van der Waals surface area contributed by atoms with Crippen LogP contribution in [0.3, 0.4) is 0 Å². The van der Waals surface area contributed by atoms with Gasteiger partial charge in [0.15, 0.2) is 11.7 Å². The molecule has 0 aliphatic rings. The summed E-state index contributed by atoms with van der Waals surface area (Å²) in [5, 5.41) is 5.38. The number of hydrogen-bond donors (Lipinski definition) is 3. The molecule has 0 bridgehead atoms. The number of ether oxygens (including phenoxy) is 1. The molecule has 4 N–H and O–H groups in total. The summed E-state index contributed by atoms with van der Waals surface area (Å²) in [5.74, 6) is -0.514. The summed E-state index contributed by atoms with van der Waals surface area (Å²) in [4.78, 5) is 15.7. The molecule has 0 aromatic heterocycles.